The quantitative estimate of drug-likeness (QED) is 0.753. The molecule has 0 saturated heterocycles. The van der Waals surface area contributed by atoms with Gasteiger partial charge in [-0.1, -0.05) is 6.92 Å². The second kappa shape index (κ2) is 6.51. The number of nitrogens with one attached hydrogen (secondary N) is 1. The zero-order valence-electron chi connectivity index (χ0n) is 13.4. The van der Waals surface area contributed by atoms with Crippen LogP contribution in [0.1, 0.15) is 18.2 Å². The summed E-state index contributed by atoms with van der Waals surface area (Å²) in [6, 6.07) is 7.77. The number of hydrogen-bond acceptors (Lipinski definition) is 6. The molecule has 0 amide bonds. The van der Waals surface area contributed by atoms with Gasteiger partial charge in [0.05, 0.1) is 14.2 Å². The second-order valence-corrected chi connectivity index (χ2v) is 5.03. The molecule has 120 valence electrons. The van der Waals surface area contributed by atoms with Crippen molar-refractivity contribution < 1.29 is 9.47 Å². The fourth-order valence-electron chi connectivity index (χ4n) is 2.33. The number of nitrogens with zero attached hydrogens (tertiary/aromatic N) is 4. The molecule has 0 aliphatic heterocycles. The lowest BCUT2D eigenvalue weighted by Gasteiger charge is -2.11. The van der Waals surface area contributed by atoms with Gasteiger partial charge in [0.25, 0.3) is 5.78 Å². The van der Waals surface area contributed by atoms with Crippen molar-refractivity contribution in [3.63, 3.8) is 0 Å². The van der Waals surface area contributed by atoms with E-state index >= 15 is 0 Å². The first-order chi connectivity index (χ1) is 11.2. The van der Waals surface area contributed by atoms with E-state index in [0.29, 0.717) is 12.3 Å². The van der Waals surface area contributed by atoms with Crippen LogP contribution in [0.15, 0.2) is 30.6 Å². The van der Waals surface area contributed by atoms with Gasteiger partial charge in [0.15, 0.2) is 0 Å². The third kappa shape index (κ3) is 3.18. The maximum absolute atomic E-state index is 5.30. The number of aromatic nitrogens is 4. The monoisotopic (exact) mass is 313 g/mol. The van der Waals surface area contributed by atoms with Gasteiger partial charge in [-0.05, 0) is 24.1 Å². The van der Waals surface area contributed by atoms with Crippen molar-refractivity contribution in [1.82, 2.24) is 19.6 Å². The van der Waals surface area contributed by atoms with E-state index in [1.165, 1.54) is 6.33 Å². The molecule has 0 saturated carbocycles. The van der Waals surface area contributed by atoms with Crippen LogP contribution < -0.4 is 14.8 Å². The molecular formula is C16H19N5O2. The molecule has 3 rings (SSSR count). The van der Waals surface area contributed by atoms with Gasteiger partial charge in [0.1, 0.15) is 23.6 Å². The highest BCUT2D eigenvalue weighted by Crippen LogP contribution is 2.23. The molecule has 2 heterocycles. The Kier molecular flexibility index (Phi) is 4.27. The molecule has 0 fully saturated rings. The summed E-state index contributed by atoms with van der Waals surface area (Å²) in [6.45, 7) is 2.67. The van der Waals surface area contributed by atoms with Crippen molar-refractivity contribution >= 4 is 11.6 Å². The Morgan fingerprint density at radius 1 is 1.09 bits per heavy atom. The van der Waals surface area contributed by atoms with Crippen molar-refractivity contribution in [1.29, 1.82) is 0 Å². The highest BCUT2D eigenvalue weighted by molar-refractivity contribution is 5.46. The van der Waals surface area contributed by atoms with E-state index in [1.807, 2.05) is 24.3 Å². The van der Waals surface area contributed by atoms with Crippen LogP contribution in [-0.4, -0.2) is 33.8 Å². The molecule has 2 aromatic heterocycles. The largest absolute Gasteiger partial charge is 0.497 e. The van der Waals surface area contributed by atoms with Crippen molar-refractivity contribution in [2.45, 2.75) is 19.9 Å². The highest BCUT2D eigenvalue weighted by Gasteiger charge is 2.08. The van der Waals surface area contributed by atoms with Gasteiger partial charge >= 0.3 is 0 Å². The smallest absolute Gasteiger partial charge is 0.254 e. The summed E-state index contributed by atoms with van der Waals surface area (Å²) in [5.74, 6) is 2.97. The highest BCUT2D eigenvalue weighted by atomic mass is 16.5. The molecule has 0 spiro atoms. The molecule has 7 nitrogen and oxygen atoms in total. The molecule has 7 heteroatoms. The fraction of sp³-hybridized carbons (Fsp3) is 0.312. The van der Waals surface area contributed by atoms with Gasteiger partial charge in [-0.15, -0.1) is 0 Å². The van der Waals surface area contributed by atoms with Crippen LogP contribution in [-0.2, 0) is 13.0 Å². The minimum Gasteiger partial charge on any atom is -0.497 e. The van der Waals surface area contributed by atoms with Crippen LogP contribution in [0, 0.1) is 0 Å². The maximum atomic E-state index is 5.30. The molecule has 0 aliphatic rings. The number of hydrogen-bond donors (Lipinski definition) is 1. The van der Waals surface area contributed by atoms with Crippen LogP contribution >= 0.6 is 0 Å². The predicted molar refractivity (Wildman–Crippen MR) is 87.0 cm³/mol. The summed E-state index contributed by atoms with van der Waals surface area (Å²) in [5.41, 5.74) is 2.01. The number of benzene rings is 1. The summed E-state index contributed by atoms with van der Waals surface area (Å²) in [7, 11) is 3.28. The lowest BCUT2D eigenvalue weighted by atomic mass is 10.2. The molecule has 0 bridgehead atoms. The van der Waals surface area contributed by atoms with Crippen LogP contribution in [0.4, 0.5) is 5.82 Å². The molecular weight excluding hydrogens is 294 g/mol. The summed E-state index contributed by atoms with van der Waals surface area (Å²) in [5, 5.41) is 7.58. The Labute approximate surface area is 134 Å². The zero-order chi connectivity index (χ0) is 16.2. The second-order valence-electron chi connectivity index (χ2n) is 5.03. The Hall–Kier alpha value is -2.83. The third-order valence-electron chi connectivity index (χ3n) is 3.55. The van der Waals surface area contributed by atoms with Crippen LogP contribution in [0.3, 0.4) is 0 Å². The van der Waals surface area contributed by atoms with Crippen LogP contribution in [0.25, 0.3) is 5.78 Å². The van der Waals surface area contributed by atoms with E-state index in [4.69, 9.17) is 9.47 Å². The molecule has 1 aromatic carbocycles. The van der Waals surface area contributed by atoms with Gasteiger partial charge in [-0.2, -0.15) is 14.6 Å². The summed E-state index contributed by atoms with van der Waals surface area (Å²) in [6.07, 6.45) is 2.34. The van der Waals surface area contributed by atoms with Gasteiger partial charge in [-0.3, -0.25) is 0 Å². The number of fused-ring (bicyclic) bond motifs is 1. The van der Waals surface area contributed by atoms with E-state index in [-0.39, 0.29) is 0 Å². The van der Waals surface area contributed by atoms with Gasteiger partial charge < -0.3 is 14.8 Å². The number of anilines is 1. The number of ether oxygens (including phenoxy) is 2. The Morgan fingerprint density at radius 3 is 2.48 bits per heavy atom. The van der Waals surface area contributed by atoms with Crippen molar-refractivity contribution in [3.05, 3.63) is 41.9 Å². The first kappa shape index (κ1) is 15.1. The average molecular weight is 313 g/mol. The minimum absolute atomic E-state index is 0.593. The standard InChI is InChI=1S/C16H19N5O2/c1-4-12-7-15(21-16(20-12)18-10-19-21)17-9-11-5-13(22-2)8-14(6-11)23-3/h5-8,10,17H,4,9H2,1-3H3. The average Bonchev–Trinajstić information content (AvgIpc) is 3.07. The Morgan fingerprint density at radius 2 is 1.83 bits per heavy atom. The molecule has 0 unspecified atom stereocenters. The van der Waals surface area contributed by atoms with Gasteiger partial charge in [0, 0.05) is 24.4 Å². The van der Waals surface area contributed by atoms with Crippen molar-refractivity contribution in [2.75, 3.05) is 19.5 Å². The number of aryl methyl sites for hydroxylation is 1. The van der Waals surface area contributed by atoms with Crippen molar-refractivity contribution in [2.24, 2.45) is 0 Å². The number of methoxy groups -OCH3 is 2. The Bertz CT molecular complexity index is 793. The number of rotatable bonds is 6. The molecule has 23 heavy (non-hydrogen) atoms. The maximum Gasteiger partial charge on any atom is 0.254 e. The van der Waals surface area contributed by atoms with Gasteiger partial charge in [-0.25, -0.2) is 4.98 Å². The topological polar surface area (TPSA) is 73.6 Å². The third-order valence-corrected chi connectivity index (χ3v) is 3.55. The molecule has 1 N–H and O–H groups in total. The van der Waals surface area contributed by atoms with E-state index in [2.05, 4.69) is 27.3 Å². The predicted octanol–water partition coefficient (Wildman–Crippen LogP) is 2.32. The first-order valence-electron chi connectivity index (χ1n) is 7.39. The van der Waals surface area contributed by atoms with E-state index in [0.717, 1.165) is 35.0 Å². The lowest BCUT2D eigenvalue weighted by molar-refractivity contribution is 0.393. The SMILES string of the molecule is CCc1cc(NCc2cc(OC)cc(OC)c2)n2ncnc2n1. The van der Waals surface area contributed by atoms with Crippen LogP contribution in [0.5, 0.6) is 11.5 Å². The summed E-state index contributed by atoms with van der Waals surface area (Å²) < 4.78 is 12.3. The first-order valence-corrected chi connectivity index (χ1v) is 7.39. The van der Waals surface area contributed by atoms with Gasteiger partial charge in [0.2, 0.25) is 0 Å². The molecule has 3 aromatic rings. The molecule has 0 radical (unpaired) electrons. The Balaban J connectivity index is 1.87. The van der Waals surface area contributed by atoms with Crippen molar-refractivity contribution in [3.8, 4) is 11.5 Å². The zero-order valence-corrected chi connectivity index (χ0v) is 13.4. The molecule has 0 aliphatic carbocycles. The lowest BCUT2D eigenvalue weighted by Crippen LogP contribution is -2.08. The normalized spacial score (nSPS) is 10.7. The molecule has 0 atom stereocenters. The summed E-state index contributed by atoms with van der Waals surface area (Å²) in [4.78, 5) is 8.59. The van der Waals surface area contributed by atoms with E-state index < -0.39 is 0 Å². The minimum atomic E-state index is 0.593. The van der Waals surface area contributed by atoms with E-state index in [1.54, 1.807) is 18.7 Å². The van der Waals surface area contributed by atoms with E-state index in [9.17, 15) is 0 Å². The summed E-state index contributed by atoms with van der Waals surface area (Å²) >= 11 is 0. The van der Waals surface area contributed by atoms with Crippen LogP contribution in [0.2, 0.25) is 0 Å². The fourth-order valence-corrected chi connectivity index (χ4v) is 2.33.